The molecule has 2 unspecified atom stereocenters. The molecule has 0 radical (unpaired) electrons. The van der Waals surface area contributed by atoms with Crippen LogP contribution in [0.5, 0.6) is 0 Å². The second-order valence-corrected chi connectivity index (χ2v) is 4.72. The highest BCUT2D eigenvalue weighted by atomic mass is 16.1. The third-order valence-electron chi connectivity index (χ3n) is 3.28. The van der Waals surface area contributed by atoms with Crippen molar-refractivity contribution in [2.24, 2.45) is 0 Å². The number of nitrogens with one attached hydrogen (secondary N) is 2. The molecule has 4 nitrogen and oxygen atoms in total. The van der Waals surface area contributed by atoms with Crippen LogP contribution in [0.3, 0.4) is 0 Å². The largest absolute Gasteiger partial charge is 0.354 e. The molecule has 1 rings (SSSR count). The van der Waals surface area contributed by atoms with Gasteiger partial charge in [-0.05, 0) is 20.3 Å². The summed E-state index contributed by atoms with van der Waals surface area (Å²) < 4.78 is 0. The summed E-state index contributed by atoms with van der Waals surface area (Å²) in [5, 5.41) is 6.34. The molecule has 4 heteroatoms. The average Bonchev–Trinajstić information content (AvgIpc) is 2.29. The van der Waals surface area contributed by atoms with Gasteiger partial charge in [0.15, 0.2) is 0 Å². The van der Waals surface area contributed by atoms with Crippen molar-refractivity contribution in [1.29, 1.82) is 0 Å². The third kappa shape index (κ3) is 4.49. The number of carbonyl (C=O) groups is 1. The van der Waals surface area contributed by atoms with Crippen LogP contribution >= 0.6 is 0 Å². The van der Waals surface area contributed by atoms with E-state index >= 15 is 0 Å². The van der Waals surface area contributed by atoms with Gasteiger partial charge in [0, 0.05) is 44.7 Å². The Morgan fingerprint density at radius 1 is 1.38 bits per heavy atom. The van der Waals surface area contributed by atoms with Gasteiger partial charge in [0.2, 0.25) is 5.91 Å². The van der Waals surface area contributed by atoms with Gasteiger partial charge in [-0.15, -0.1) is 0 Å². The Balaban J connectivity index is 2.26. The molecule has 1 saturated heterocycles. The molecule has 0 aliphatic carbocycles. The zero-order valence-corrected chi connectivity index (χ0v) is 10.8. The monoisotopic (exact) mass is 227 g/mol. The van der Waals surface area contributed by atoms with E-state index in [1.807, 2.05) is 6.92 Å². The highest BCUT2D eigenvalue weighted by Gasteiger charge is 2.19. The molecule has 0 aromatic carbocycles. The van der Waals surface area contributed by atoms with Crippen LogP contribution in [0.4, 0.5) is 0 Å². The molecule has 1 aliphatic heterocycles. The van der Waals surface area contributed by atoms with Gasteiger partial charge in [-0.25, -0.2) is 0 Å². The number of hydrogen-bond acceptors (Lipinski definition) is 3. The fourth-order valence-corrected chi connectivity index (χ4v) is 1.96. The van der Waals surface area contributed by atoms with Gasteiger partial charge >= 0.3 is 0 Å². The molecule has 0 saturated carbocycles. The first-order chi connectivity index (χ1) is 7.63. The van der Waals surface area contributed by atoms with E-state index in [-0.39, 0.29) is 5.91 Å². The minimum atomic E-state index is 0.181. The minimum Gasteiger partial charge on any atom is -0.354 e. The topological polar surface area (TPSA) is 44.4 Å². The van der Waals surface area contributed by atoms with Crippen LogP contribution in [0.25, 0.3) is 0 Å². The van der Waals surface area contributed by atoms with Crippen molar-refractivity contribution < 1.29 is 4.79 Å². The lowest BCUT2D eigenvalue weighted by Gasteiger charge is -2.32. The van der Waals surface area contributed by atoms with Crippen LogP contribution in [-0.4, -0.2) is 49.1 Å². The quantitative estimate of drug-likeness (QED) is 0.722. The predicted octanol–water partition coefficient (Wildman–Crippen LogP) is 0.585. The van der Waals surface area contributed by atoms with Gasteiger partial charge in [-0.2, -0.15) is 0 Å². The molecule has 0 aromatic rings. The van der Waals surface area contributed by atoms with E-state index in [1.54, 1.807) is 0 Å². The Bertz CT molecular complexity index is 214. The third-order valence-corrected chi connectivity index (χ3v) is 3.28. The number of amides is 1. The summed E-state index contributed by atoms with van der Waals surface area (Å²) in [7, 11) is 0. The molecule has 1 aliphatic rings. The zero-order chi connectivity index (χ0) is 12.0. The Kier molecular flexibility index (Phi) is 5.77. The van der Waals surface area contributed by atoms with Gasteiger partial charge in [-0.1, -0.05) is 6.92 Å². The second-order valence-electron chi connectivity index (χ2n) is 4.72. The van der Waals surface area contributed by atoms with E-state index in [4.69, 9.17) is 0 Å². The summed E-state index contributed by atoms with van der Waals surface area (Å²) >= 11 is 0. The van der Waals surface area contributed by atoms with Gasteiger partial charge in [-0.3, -0.25) is 9.69 Å². The van der Waals surface area contributed by atoms with E-state index in [1.165, 1.54) is 0 Å². The highest BCUT2D eigenvalue weighted by molar-refractivity contribution is 5.76. The summed E-state index contributed by atoms with van der Waals surface area (Å²) in [6.45, 7) is 10.5. The molecule has 2 N–H and O–H groups in total. The SMILES string of the molecule is CCC(C)NC(=O)CC(C)N1CCNCC1. The minimum absolute atomic E-state index is 0.181. The summed E-state index contributed by atoms with van der Waals surface area (Å²) in [6.07, 6.45) is 1.61. The van der Waals surface area contributed by atoms with E-state index in [9.17, 15) is 4.79 Å². The standard InChI is InChI=1S/C12H25N3O/c1-4-10(2)14-12(16)9-11(3)15-7-5-13-6-8-15/h10-11,13H,4-9H2,1-3H3,(H,14,16). The van der Waals surface area contributed by atoms with Crippen LogP contribution in [0, 0.1) is 0 Å². The van der Waals surface area contributed by atoms with Crippen LogP contribution in [-0.2, 0) is 4.79 Å². The molecule has 0 spiro atoms. The van der Waals surface area contributed by atoms with Gasteiger partial charge in [0.25, 0.3) is 0 Å². The molecule has 0 bridgehead atoms. The molecule has 2 atom stereocenters. The molecule has 16 heavy (non-hydrogen) atoms. The molecule has 1 fully saturated rings. The Morgan fingerprint density at radius 3 is 2.56 bits per heavy atom. The molecular formula is C12H25N3O. The fourth-order valence-electron chi connectivity index (χ4n) is 1.96. The first-order valence-corrected chi connectivity index (χ1v) is 6.37. The lowest BCUT2D eigenvalue weighted by Crippen LogP contribution is -2.49. The maximum Gasteiger partial charge on any atom is 0.221 e. The molecule has 1 heterocycles. The predicted molar refractivity (Wildman–Crippen MR) is 66.4 cm³/mol. The zero-order valence-electron chi connectivity index (χ0n) is 10.8. The molecule has 1 amide bonds. The summed E-state index contributed by atoms with van der Waals surface area (Å²) in [6, 6.07) is 0.647. The Morgan fingerprint density at radius 2 is 2.00 bits per heavy atom. The maximum absolute atomic E-state index is 11.7. The second kappa shape index (κ2) is 6.86. The molecule has 0 aromatic heterocycles. The first kappa shape index (κ1) is 13.5. The lowest BCUT2D eigenvalue weighted by atomic mass is 10.1. The van der Waals surface area contributed by atoms with Crippen molar-refractivity contribution >= 4 is 5.91 Å². The van der Waals surface area contributed by atoms with Crippen LogP contribution in [0.2, 0.25) is 0 Å². The van der Waals surface area contributed by atoms with E-state index in [2.05, 4.69) is 29.4 Å². The van der Waals surface area contributed by atoms with Crippen LogP contribution < -0.4 is 10.6 Å². The van der Waals surface area contributed by atoms with Crippen molar-refractivity contribution in [1.82, 2.24) is 15.5 Å². The van der Waals surface area contributed by atoms with Gasteiger partial charge < -0.3 is 10.6 Å². The Hall–Kier alpha value is -0.610. The average molecular weight is 227 g/mol. The number of hydrogen-bond donors (Lipinski definition) is 2. The molecule has 94 valence electrons. The van der Waals surface area contributed by atoms with E-state index in [0.717, 1.165) is 32.6 Å². The van der Waals surface area contributed by atoms with Crippen molar-refractivity contribution in [3.05, 3.63) is 0 Å². The van der Waals surface area contributed by atoms with Crippen molar-refractivity contribution in [3.63, 3.8) is 0 Å². The van der Waals surface area contributed by atoms with Crippen molar-refractivity contribution in [2.75, 3.05) is 26.2 Å². The summed E-state index contributed by atoms with van der Waals surface area (Å²) in [5.74, 6) is 0.181. The van der Waals surface area contributed by atoms with Crippen LogP contribution in [0.1, 0.15) is 33.6 Å². The number of nitrogens with zero attached hydrogens (tertiary/aromatic N) is 1. The fraction of sp³-hybridized carbons (Fsp3) is 0.917. The van der Waals surface area contributed by atoms with E-state index in [0.29, 0.717) is 18.5 Å². The first-order valence-electron chi connectivity index (χ1n) is 6.37. The van der Waals surface area contributed by atoms with Crippen LogP contribution in [0.15, 0.2) is 0 Å². The van der Waals surface area contributed by atoms with Gasteiger partial charge in [0.1, 0.15) is 0 Å². The number of carbonyl (C=O) groups excluding carboxylic acids is 1. The van der Waals surface area contributed by atoms with Gasteiger partial charge in [0.05, 0.1) is 0 Å². The van der Waals surface area contributed by atoms with Crippen molar-refractivity contribution in [3.8, 4) is 0 Å². The maximum atomic E-state index is 11.7. The number of piperazine rings is 1. The summed E-state index contributed by atoms with van der Waals surface area (Å²) in [4.78, 5) is 14.1. The normalized spacial score (nSPS) is 21.4. The molecular weight excluding hydrogens is 202 g/mol. The summed E-state index contributed by atoms with van der Waals surface area (Å²) in [5.41, 5.74) is 0. The smallest absolute Gasteiger partial charge is 0.221 e. The Labute approximate surface area is 98.8 Å². The number of rotatable bonds is 5. The lowest BCUT2D eigenvalue weighted by molar-refractivity contribution is -0.122. The van der Waals surface area contributed by atoms with E-state index < -0.39 is 0 Å². The highest BCUT2D eigenvalue weighted by Crippen LogP contribution is 2.05. The van der Waals surface area contributed by atoms with Crippen molar-refractivity contribution in [2.45, 2.75) is 45.7 Å².